The van der Waals surface area contributed by atoms with Crippen LogP contribution in [0.4, 0.5) is 4.39 Å². The van der Waals surface area contributed by atoms with E-state index in [1.807, 2.05) is 0 Å². The van der Waals surface area contributed by atoms with E-state index in [-0.39, 0.29) is 11.6 Å². The van der Waals surface area contributed by atoms with Crippen molar-refractivity contribution in [2.45, 2.75) is 45.1 Å². The molecule has 0 aliphatic heterocycles. The van der Waals surface area contributed by atoms with Gasteiger partial charge in [0.15, 0.2) is 5.78 Å². The molecule has 0 saturated heterocycles. The van der Waals surface area contributed by atoms with E-state index in [1.165, 1.54) is 12.1 Å². The first kappa shape index (κ1) is 14.2. The van der Waals surface area contributed by atoms with Gasteiger partial charge in [0, 0.05) is 5.56 Å². The second kappa shape index (κ2) is 5.83. The van der Waals surface area contributed by atoms with Crippen molar-refractivity contribution in [1.29, 1.82) is 0 Å². The molecule has 0 unspecified atom stereocenters. The van der Waals surface area contributed by atoms with E-state index in [1.54, 1.807) is 12.1 Å². The molecule has 0 amide bonds. The van der Waals surface area contributed by atoms with E-state index >= 15 is 0 Å². The van der Waals surface area contributed by atoms with Crippen molar-refractivity contribution in [3.8, 4) is 0 Å². The van der Waals surface area contributed by atoms with Crippen molar-refractivity contribution in [2.75, 3.05) is 13.1 Å². The standard InChI is InChI=1S/C16H22FNO/c1-3-18(4-2)16(10-5-6-11-16)15(19)13-8-7-9-14(17)12-13/h7-9,12H,3-6,10-11H2,1-2H3. The molecule has 2 nitrogen and oxygen atoms in total. The second-order valence-corrected chi connectivity index (χ2v) is 5.25. The molecule has 0 atom stereocenters. The smallest absolute Gasteiger partial charge is 0.183 e. The number of ketones is 1. The van der Waals surface area contributed by atoms with Crippen LogP contribution >= 0.6 is 0 Å². The fourth-order valence-electron chi connectivity index (χ4n) is 3.37. The summed E-state index contributed by atoms with van der Waals surface area (Å²) in [5, 5.41) is 0. The maximum atomic E-state index is 13.3. The van der Waals surface area contributed by atoms with Crippen LogP contribution in [0.2, 0.25) is 0 Å². The molecule has 1 saturated carbocycles. The van der Waals surface area contributed by atoms with Crippen LogP contribution in [0.25, 0.3) is 0 Å². The van der Waals surface area contributed by atoms with Crippen molar-refractivity contribution in [3.05, 3.63) is 35.6 Å². The Morgan fingerprint density at radius 3 is 2.42 bits per heavy atom. The Kier molecular flexibility index (Phi) is 4.35. The topological polar surface area (TPSA) is 20.3 Å². The molecule has 3 heteroatoms. The second-order valence-electron chi connectivity index (χ2n) is 5.25. The predicted octanol–water partition coefficient (Wildman–Crippen LogP) is 3.66. The van der Waals surface area contributed by atoms with Gasteiger partial charge in [-0.2, -0.15) is 0 Å². The normalized spacial score (nSPS) is 17.9. The SMILES string of the molecule is CCN(CC)C1(C(=O)c2cccc(F)c2)CCCC1. The maximum absolute atomic E-state index is 13.3. The molecule has 0 heterocycles. The molecule has 0 spiro atoms. The zero-order valence-corrected chi connectivity index (χ0v) is 11.8. The third kappa shape index (κ3) is 2.57. The number of hydrogen-bond donors (Lipinski definition) is 0. The average molecular weight is 263 g/mol. The van der Waals surface area contributed by atoms with Crippen molar-refractivity contribution in [2.24, 2.45) is 0 Å². The molecule has 0 N–H and O–H groups in total. The van der Waals surface area contributed by atoms with Gasteiger partial charge in [-0.3, -0.25) is 9.69 Å². The Labute approximate surface area is 114 Å². The number of halogens is 1. The van der Waals surface area contributed by atoms with Crippen LogP contribution in [-0.4, -0.2) is 29.3 Å². The average Bonchev–Trinajstić information content (AvgIpc) is 2.90. The first-order valence-electron chi connectivity index (χ1n) is 7.19. The highest BCUT2D eigenvalue weighted by atomic mass is 19.1. The number of hydrogen-bond acceptors (Lipinski definition) is 2. The minimum Gasteiger partial charge on any atom is -0.292 e. The molecule has 19 heavy (non-hydrogen) atoms. The summed E-state index contributed by atoms with van der Waals surface area (Å²) >= 11 is 0. The van der Waals surface area contributed by atoms with Crippen LogP contribution in [-0.2, 0) is 0 Å². The van der Waals surface area contributed by atoms with Gasteiger partial charge in [-0.15, -0.1) is 0 Å². The molecular weight excluding hydrogens is 241 g/mol. The lowest BCUT2D eigenvalue weighted by atomic mass is 9.85. The molecule has 1 aliphatic rings. The van der Waals surface area contributed by atoms with Crippen molar-refractivity contribution >= 4 is 5.78 Å². The van der Waals surface area contributed by atoms with Crippen molar-refractivity contribution in [1.82, 2.24) is 4.90 Å². The third-order valence-corrected chi connectivity index (χ3v) is 4.31. The molecule has 0 radical (unpaired) electrons. The Hall–Kier alpha value is -1.22. The number of likely N-dealkylation sites (N-methyl/N-ethyl adjacent to an activating group) is 1. The minimum absolute atomic E-state index is 0.0909. The summed E-state index contributed by atoms with van der Waals surface area (Å²) in [6.45, 7) is 5.89. The molecule has 1 fully saturated rings. The first-order chi connectivity index (χ1) is 9.14. The number of rotatable bonds is 5. The molecule has 104 valence electrons. The fraction of sp³-hybridized carbons (Fsp3) is 0.562. The summed E-state index contributed by atoms with van der Waals surface area (Å²) in [4.78, 5) is 15.1. The predicted molar refractivity (Wildman–Crippen MR) is 74.9 cm³/mol. The Morgan fingerprint density at radius 1 is 1.26 bits per heavy atom. The summed E-state index contributed by atoms with van der Waals surface area (Å²) in [6, 6.07) is 6.10. The van der Waals surface area contributed by atoms with Gasteiger partial charge in [0.1, 0.15) is 5.82 Å². The van der Waals surface area contributed by atoms with Gasteiger partial charge in [0.2, 0.25) is 0 Å². The third-order valence-electron chi connectivity index (χ3n) is 4.31. The number of carbonyl (C=O) groups excluding carboxylic acids is 1. The molecule has 1 aromatic carbocycles. The van der Waals surface area contributed by atoms with Gasteiger partial charge in [0.25, 0.3) is 0 Å². The van der Waals surface area contributed by atoms with Gasteiger partial charge in [-0.1, -0.05) is 38.8 Å². The van der Waals surface area contributed by atoms with E-state index in [0.29, 0.717) is 5.56 Å². The highest BCUT2D eigenvalue weighted by molar-refractivity contribution is 6.03. The van der Waals surface area contributed by atoms with Crippen LogP contribution in [0.5, 0.6) is 0 Å². The molecule has 0 bridgehead atoms. The van der Waals surface area contributed by atoms with Gasteiger partial charge < -0.3 is 0 Å². The van der Waals surface area contributed by atoms with Gasteiger partial charge in [-0.25, -0.2) is 4.39 Å². The Balaban J connectivity index is 2.36. The fourth-order valence-corrected chi connectivity index (χ4v) is 3.37. The summed E-state index contributed by atoms with van der Waals surface area (Å²) in [5.41, 5.74) is 0.103. The van der Waals surface area contributed by atoms with E-state index in [4.69, 9.17) is 0 Å². The molecule has 0 aromatic heterocycles. The zero-order chi connectivity index (χ0) is 13.9. The lowest BCUT2D eigenvalue weighted by Crippen LogP contribution is -2.52. The monoisotopic (exact) mass is 263 g/mol. The van der Waals surface area contributed by atoms with Crippen LogP contribution in [0.3, 0.4) is 0 Å². The maximum Gasteiger partial charge on any atom is 0.183 e. The quantitative estimate of drug-likeness (QED) is 0.756. The van der Waals surface area contributed by atoms with E-state index < -0.39 is 5.54 Å². The molecule has 1 aliphatic carbocycles. The highest BCUT2D eigenvalue weighted by Gasteiger charge is 2.45. The summed E-state index contributed by atoms with van der Waals surface area (Å²) in [5.74, 6) is -0.244. The van der Waals surface area contributed by atoms with Crippen molar-refractivity contribution < 1.29 is 9.18 Å². The summed E-state index contributed by atoms with van der Waals surface area (Å²) in [6.07, 6.45) is 3.95. The van der Waals surface area contributed by atoms with Crippen LogP contribution in [0, 0.1) is 5.82 Å². The van der Waals surface area contributed by atoms with Crippen LogP contribution in [0.15, 0.2) is 24.3 Å². The highest BCUT2D eigenvalue weighted by Crippen LogP contribution is 2.38. The largest absolute Gasteiger partial charge is 0.292 e. The van der Waals surface area contributed by atoms with E-state index in [9.17, 15) is 9.18 Å². The number of Topliss-reactive ketones (excluding diaryl/α,β-unsaturated/α-hetero) is 1. The lowest BCUT2D eigenvalue weighted by molar-refractivity contribution is 0.0584. The van der Waals surface area contributed by atoms with Gasteiger partial charge in [-0.05, 0) is 38.1 Å². The lowest BCUT2D eigenvalue weighted by Gasteiger charge is -2.39. The van der Waals surface area contributed by atoms with Gasteiger partial charge >= 0.3 is 0 Å². The van der Waals surface area contributed by atoms with Gasteiger partial charge in [0.05, 0.1) is 5.54 Å². The first-order valence-corrected chi connectivity index (χ1v) is 7.19. The Morgan fingerprint density at radius 2 is 1.89 bits per heavy atom. The molecule has 2 rings (SSSR count). The van der Waals surface area contributed by atoms with Crippen molar-refractivity contribution in [3.63, 3.8) is 0 Å². The molecule has 1 aromatic rings. The van der Waals surface area contributed by atoms with E-state index in [2.05, 4.69) is 18.7 Å². The number of nitrogens with zero attached hydrogens (tertiary/aromatic N) is 1. The zero-order valence-electron chi connectivity index (χ0n) is 11.8. The summed E-state index contributed by atoms with van der Waals surface area (Å²) < 4.78 is 13.3. The number of carbonyl (C=O) groups is 1. The Bertz CT molecular complexity index is 448. The summed E-state index contributed by atoms with van der Waals surface area (Å²) in [7, 11) is 0. The van der Waals surface area contributed by atoms with Crippen LogP contribution < -0.4 is 0 Å². The molecular formula is C16H22FNO. The number of benzene rings is 1. The van der Waals surface area contributed by atoms with Crippen LogP contribution in [0.1, 0.15) is 49.9 Å². The van der Waals surface area contributed by atoms with E-state index in [0.717, 1.165) is 38.8 Å². The minimum atomic E-state index is -0.405.